The van der Waals surface area contributed by atoms with Crippen molar-refractivity contribution in [3.8, 4) is 0 Å². The van der Waals surface area contributed by atoms with Gasteiger partial charge in [0.15, 0.2) is 0 Å². The summed E-state index contributed by atoms with van der Waals surface area (Å²) in [5.41, 5.74) is 2.42. The maximum absolute atomic E-state index is 4.52. The van der Waals surface area contributed by atoms with Gasteiger partial charge in [0.1, 0.15) is 5.82 Å². The zero-order valence-corrected chi connectivity index (χ0v) is 13.7. The second-order valence-corrected chi connectivity index (χ2v) is 5.74. The van der Waals surface area contributed by atoms with Gasteiger partial charge >= 0.3 is 0 Å². The van der Waals surface area contributed by atoms with Crippen LogP contribution in [0, 0.1) is 6.92 Å². The van der Waals surface area contributed by atoms with Gasteiger partial charge in [-0.25, -0.2) is 0 Å². The van der Waals surface area contributed by atoms with E-state index in [4.69, 9.17) is 0 Å². The molecule has 3 nitrogen and oxygen atoms in total. The van der Waals surface area contributed by atoms with E-state index in [9.17, 15) is 0 Å². The van der Waals surface area contributed by atoms with Gasteiger partial charge in [-0.2, -0.15) is 16.9 Å². The third-order valence-electron chi connectivity index (χ3n) is 3.16. The Balaban J connectivity index is 3.05. The van der Waals surface area contributed by atoms with Crippen LogP contribution in [0.15, 0.2) is 0 Å². The van der Waals surface area contributed by atoms with Crippen molar-refractivity contribution in [2.45, 2.75) is 31.6 Å². The van der Waals surface area contributed by atoms with Gasteiger partial charge in [0, 0.05) is 36.8 Å². The third-order valence-corrected chi connectivity index (χ3v) is 4.44. The molecule has 0 radical (unpaired) electrons. The molecule has 1 unspecified atom stereocenters. The van der Waals surface area contributed by atoms with Crippen molar-refractivity contribution < 1.29 is 0 Å². The highest BCUT2D eigenvalue weighted by molar-refractivity contribution is 9.08. The maximum atomic E-state index is 4.52. The Labute approximate surface area is 117 Å². The van der Waals surface area contributed by atoms with Gasteiger partial charge in [-0.3, -0.25) is 4.68 Å². The lowest BCUT2D eigenvalue weighted by Crippen LogP contribution is -2.35. The minimum Gasteiger partial charge on any atom is -0.356 e. The number of thioether (sulfide) groups is 1. The van der Waals surface area contributed by atoms with Gasteiger partial charge < -0.3 is 4.90 Å². The van der Waals surface area contributed by atoms with Crippen LogP contribution in [-0.2, 0) is 12.4 Å². The molecule has 1 atom stereocenters. The fourth-order valence-corrected chi connectivity index (χ4v) is 3.66. The molecule has 0 aromatic carbocycles. The molecule has 0 saturated heterocycles. The minimum atomic E-state index is 0.567. The Morgan fingerprint density at radius 1 is 1.53 bits per heavy atom. The summed E-state index contributed by atoms with van der Waals surface area (Å²) >= 11 is 5.47. The maximum Gasteiger partial charge on any atom is 0.130 e. The number of rotatable bonds is 6. The molecular formula is C12H22BrN3S. The van der Waals surface area contributed by atoms with Gasteiger partial charge in [0.2, 0.25) is 0 Å². The number of aryl methyl sites for hydroxylation is 2. The van der Waals surface area contributed by atoms with Crippen molar-refractivity contribution in [1.29, 1.82) is 0 Å². The summed E-state index contributed by atoms with van der Waals surface area (Å²) in [7, 11) is 4.20. The van der Waals surface area contributed by atoms with E-state index in [2.05, 4.69) is 53.1 Å². The van der Waals surface area contributed by atoms with Crippen molar-refractivity contribution in [3.05, 3.63) is 11.3 Å². The zero-order valence-electron chi connectivity index (χ0n) is 11.3. The Hall–Kier alpha value is -0.160. The molecule has 1 rings (SSSR count). The smallest absolute Gasteiger partial charge is 0.130 e. The van der Waals surface area contributed by atoms with Crippen LogP contribution in [0.25, 0.3) is 0 Å². The molecule has 1 aromatic heterocycles. The molecule has 1 aromatic rings. The van der Waals surface area contributed by atoms with E-state index in [0.717, 1.165) is 23.2 Å². The van der Waals surface area contributed by atoms with E-state index >= 15 is 0 Å². The van der Waals surface area contributed by atoms with E-state index in [1.54, 1.807) is 0 Å². The van der Waals surface area contributed by atoms with Gasteiger partial charge in [0.25, 0.3) is 0 Å². The third kappa shape index (κ3) is 3.19. The van der Waals surface area contributed by atoms with Crippen LogP contribution in [-0.4, -0.2) is 34.9 Å². The lowest BCUT2D eigenvalue weighted by Gasteiger charge is -2.29. The molecule has 0 aliphatic rings. The first kappa shape index (κ1) is 14.9. The second-order valence-electron chi connectivity index (χ2n) is 4.27. The Bertz CT molecular complexity index is 365. The van der Waals surface area contributed by atoms with Crippen molar-refractivity contribution in [2.75, 3.05) is 24.0 Å². The molecule has 0 bridgehead atoms. The number of nitrogens with zero attached hydrogens (tertiary/aromatic N) is 3. The van der Waals surface area contributed by atoms with E-state index < -0.39 is 0 Å². The number of anilines is 1. The predicted octanol–water partition coefficient (Wildman–Crippen LogP) is 3.20. The standard InChI is InChI=1S/C12H22BrN3S/c1-6-10(8-17-5)15(3)12-11(7-13)9(2)14-16(12)4/h10H,6-8H2,1-5H3. The molecular weight excluding hydrogens is 298 g/mol. The van der Waals surface area contributed by atoms with Crippen LogP contribution in [0.2, 0.25) is 0 Å². The monoisotopic (exact) mass is 319 g/mol. The van der Waals surface area contributed by atoms with E-state index in [1.807, 2.05) is 23.5 Å². The summed E-state index contributed by atoms with van der Waals surface area (Å²) in [5, 5.41) is 5.38. The highest BCUT2D eigenvalue weighted by Gasteiger charge is 2.20. The van der Waals surface area contributed by atoms with Gasteiger partial charge in [-0.1, -0.05) is 22.9 Å². The molecule has 0 aliphatic carbocycles. The summed E-state index contributed by atoms with van der Waals surface area (Å²) in [5.74, 6) is 2.39. The minimum absolute atomic E-state index is 0.567. The summed E-state index contributed by atoms with van der Waals surface area (Å²) in [4.78, 5) is 2.37. The topological polar surface area (TPSA) is 21.1 Å². The SMILES string of the molecule is CCC(CSC)N(C)c1c(CBr)c(C)nn1C. The Morgan fingerprint density at radius 3 is 2.65 bits per heavy atom. The van der Waals surface area contributed by atoms with Crippen LogP contribution < -0.4 is 4.90 Å². The Kier molecular flexibility index (Phi) is 5.86. The van der Waals surface area contributed by atoms with Gasteiger partial charge in [0.05, 0.1) is 5.69 Å². The molecule has 1 heterocycles. The van der Waals surface area contributed by atoms with Crippen molar-refractivity contribution in [2.24, 2.45) is 7.05 Å². The fourth-order valence-electron chi connectivity index (χ4n) is 2.16. The average Bonchev–Trinajstić information content (AvgIpc) is 2.59. The molecule has 0 saturated carbocycles. The van der Waals surface area contributed by atoms with Crippen LogP contribution in [0.1, 0.15) is 24.6 Å². The quantitative estimate of drug-likeness (QED) is 0.751. The summed E-state index contributed by atoms with van der Waals surface area (Å²) in [6.07, 6.45) is 3.32. The normalized spacial score (nSPS) is 12.8. The van der Waals surface area contributed by atoms with Gasteiger partial charge in [-0.15, -0.1) is 0 Å². The summed E-state index contributed by atoms with van der Waals surface area (Å²) in [6.45, 7) is 4.32. The average molecular weight is 320 g/mol. The van der Waals surface area contributed by atoms with E-state index in [-0.39, 0.29) is 0 Å². The van der Waals surface area contributed by atoms with Gasteiger partial charge in [-0.05, 0) is 19.6 Å². The Morgan fingerprint density at radius 2 is 2.18 bits per heavy atom. The number of hydrogen-bond acceptors (Lipinski definition) is 3. The van der Waals surface area contributed by atoms with E-state index in [1.165, 1.54) is 11.4 Å². The molecule has 0 amide bonds. The molecule has 0 N–H and O–H groups in total. The first-order valence-electron chi connectivity index (χ1n) is 5.86. The lowest BCUT2D eigenvalue weighted by molar-refractivity contribution is 0.635. The zero-order chi connectivity index (χ0) is 13.0. The second kappa shape index (κ2) is 6.69. The van der Waals surface area contributed by atoms with Crippen molar-refractivity contribution in [3.63, 3.8) is 0 Å². The van der Waals surface area contributed by atoms with Crippen LogP contribution in [0.4, 0.5) is 5.82 Å². The number of aromatic nitrogens is 2. The lowest BCUT2D eigenvalue weighted by atomic mass is 10.2. The van der Waals surface area contributed by atoms with E-state index in [0.29, 0.717) is 6.04 Å². The summed E-state index contributed by atoms with van der Waals surface area (Å²) < 4.78 is 1.99. The molecule has 0 spiro atoms. The molecule has 5 heteroatoms. The highest BCUT2D eigenvalue weighted by atomic mass is 79.9. The fraction of sp³-hybridized carbons (Fsp3) is 0.750. The number of alkyl halides is 1. The predicted molar refractivity (Wildman–Crippen MR) is 81.4 cm³/mol. The molecule has 17 heavy (non-hydrogen) atoms. The largest absolute Gasteiger partial charge is 0.356 e. The first-order chi connectivity index (χ1) is 8.06. The van der Waals surface area contributed by atoms with Crippen LogP contribution >= 0.6 is 27.7 Å². The van der Waals surface area contributed by atoms with Crippen molar-refractivity contribution >= 4 is 33.5 Å². The first-order valence-corrected chi connectivity index (χ1v) is 8.38. The van der Waals surface area contributed by atoms with Crippen LogP contribution in [0.3, 0.4) is 0 Å². The number of halogens is 1. The highest BCUT2D eigenvalue weighted by Crippen LogP contribution is 2.27. The molecule has 0 aliphatic heterocycles. The van der Waals surface area contributed by atoms with Crippen LogP contribution in [0.5, 0.6) is 0 Å². The number of hydrogen-bond donors (Lipinski definition) is 0. The van der Waals surface area contributed by atoms with Crippen molar-refractivity contribution in [1.82, 2.24) is 9.78 Å². The molecule has 98 valence electrons. The summed E-state index contributed by atoms with van der Waals surface area (Å²) in [6, 6.07) is 0.567. The molecule has 0 fully saturated rings.